The number of Topliss-reactive ketones (excluding diaryl/α,β-unsaturated/α-hetero) is 1. The highest BCUT2D eigenvalue weighted by atomic mass is 16.3. The van der Waals surface area contributed by atoms with Crippen molar-refractivity contribution in [3.05, 3.63) is 29.8 Å². The third-order valence-corrected chi connectivity index (χ3v) is 4.50. The predicted molar refractivity (Wildman–Crippen MR) is 90.7 cm³/mol. The zero-order valence-corrected chi connectivity index (χ0v) is 13.7. The van der Waals surface area contributed by atoms with Crippen LogP contribution in [-0.4, -0.2) is 29.6 Å². The first kappa shape index (κ1) is 17.5. The van der Waals surface area contributed by atoms with Crippen molar-refractivity contribution in [2.24, 2.45) is 5.92 Å². The minimum absolute atomic E-state index is 0.00344. The molecular weight excluding hydrogens is 292 g/mol. The van der Waals surface area contributed by atoms with Gasteiger partial charge >= 0.3 is 6.03 Å². The van der Waals surface area contributed by atoms with E-state index in [-0.39, 0.29) is 24.5 Å². The molecule has 2 amide bonds. The van der Waals surface area contributed by atoms with E-state index in [1.807, 2.05) is 0 Å². The van der Waals surface area contributed by atoms with Gasteiger partial charge in [-0.05, 0) is 44.2 Å². The molecule has 1 aromatic carbocycles. The molecule has 0 saturated heterocycles. The Kier molecular flexibility index (Phi) is 6.59. The number of rotatable bonds is 6. The van der Waals surface area contributed by atoms with E-state index in [9.17, 15) is 14.7 Å². The third-order valence-electron chi connectivity index (χ3n) is 4.50. The van der Waals surface area contributed by atoms with Gasteiger partial charge in [0.1, 0.15) is 0 Å². The van der Waals surface area contributed by atoms with Gasteiger partial charge in [0, 0.05) is 23.9 Å². The van der Waals surface area contributed by atoms with Crippen LogP contribution >= 0.6 is 0 Å². The van der Waals surface area contributed by atoms with Gasteiger partial charge in [-0.1, -0.05) is 31.4 Å². The highest BCUT2D eigenvalue weighted by Gasteiger charge is 2.24. The molecule has 1 aromatic rings. The molecule has 0 spiro atoms. The van der Waals surface area contributed by atoms with Crippen molar-refractivity contribution in [3.8, 4) is 0 Å². The van der Waals surface area contributed by atoms with Crippen molar-refractivity contribution in [1.82, 2.24) is 5.32 Å². The molecular formula is C18H26N2O3. The number of carbonyl (C=O) groups is 2. The highest BCUT2D eigenvalue weighted by Crippen LogP contribution is 2.27. The van der Waals surface area contributed by atoms with Crippen LogP contribution in [0.2, 0.25) is 0 Å². The molecule has 5 heteroatoms. The van der Waals surface area contributed by atoms with Gasteiger partial charge in [-0.25, -0.2) is 4.79 Å². The van der Waals surface area contributed by atoms with Gasteiger partial charge in [-0.3, -0.25) is 4.79 Å². The number of anilines is 1. The van der Waals surface area contributed by atoms with Crippen LogP contribution in [0, 0.1) is 5.92 Å². The molecule has 0 heterocycles. The first-order chi connectivity index (χ1) is 11.1. The molecule has 5 nitrogen and oxygen atoms in total. The second kappa shape index (κ2) is 8.67. The molecule has 1 fully saturated rings. The lowest BCUT2D eigenvalue weighted by Crippen LogP contribution is -2.43. The van der Waals surface area contributed by atoms with Crippen LogP contribution in [0.1, 0.15) is 55.8 Å². The van der Waals surface area contributed by atoms with Crippen LogP contribution in [-0.2, 0) is 0 Å². The van der Waals surface area contributed by atoms with Crippen molar-refractivity contribution >= 4 is 17.5 Å². The summed E-state index contributed by atoms with van der Waals surface area (Å²) < 4.78 is 0. The zero-order chi connectivity index (χ0) is 16.7. The summed E-state index contributed by atoms with van der Waals surface area (Å²) >= 11 is 0. The Morgan fingerprint density at radius 2 is 2.00 bits per heavy atom. The highest BCUT2D eigenvalue weighted by molar-refractivity contribution is 5.96. The van der Waals surface area contributed by atoms with Gasteiger partial charge in [0.15, 0.2) is 5.78 Å². The maximum absolute atomic E-state index is 12.2. The first-order valence-electron chi connectivity index (χ1n) is 8.39. The molecule has 0 aliphatic heterocycles. The summed E-state index contributed by atoms with van der Waals surface area (Å²) in [6.45, 7) is 1.57. The van der Waals surface area contributed by atoms with Gasteiger partial charge in [0.05, 0.1) is 0 Å². The molecule has 0 radical (unpaired) electrons. The molecule has 126 valence electrons. The van der Waals surface area contributed by atoms with E-state index in [0.717, 1.165) is 12.8 Å². The minimum Gasteiger partial charge on any atom is -0.396 e. The van der Waals surface area contributed by atoms with E-state index in [2.05, 4.69) is 10.6 Å². The smallest absolute Gasteiger partial charge is 0.319 e. The van der Waals surface area contributed by atoms with Gasteiger partial charge < -0.3 is 15.7 Å². The fourth-order valence-electron chi connectivity index (χ4n) is 3.25. The summed E-state index contributed by atoms with van der Waals surface area (Å²) in [5, 5.41) is 15.0. The Balaban J connectivity index is 1.95. The molecule has 23 heavy (non-hydrogen) atoms. The third kappa shape index (κ3) is 5.36. The van der Waals surface area contributed by atoms with E-state index in [4.69, 9.17) is 0 Å². The van der Waals surface area contributed by atoms with Crippen LogP contribution < -0.4 is 10.6 Å². The minimum atomic E-state index is -0.283. The molecule has 0 aromatic heterocycles. The summed E-state index contributed by atoms with van der Waals surface area (Å²) in [5.41, 5.74) is 1.17. The number of hydrogen-bond donors (Lipinski definition) is 3. The molecule has 1 unspecified atom stereocenters. The number of nitrogens with one attached hydrogen (secondary N) is 2. The van der Waals surface area contributed by atoms with Gasteiger partial charge in [0.25, 0.3) is 0 Å². The average Bonchev–Trinajstić information content (AvgIpc) is 2.55. The summed E-state index contributed by atoms with van der Waals surface area (Å²) in [6, 6.07) is 6.61. The molecule has 1 aliphatic carbocycles. The summed E-state index contributed by atoms with van der Waals surface area (Å²) in [4.78, 5) is 23.6. The summed E-state index contributed by atoms with van der Waals surface area (Å²) in [7, 11) is 0. The molecule has 3 N–H and O–H groups in total. The van der Waals surface area contributed by atoms with Gasteiger partial charge in [-0.2, -0.15) is 0 Å². The normalized spacial score (nSPS) is 16.6. The number of carbonyl (C=O) groups excluding carboxylic acids is 2. The first-order valence-corrected chi connectivity index (χ1v) is 8.39. The number of benzene rings is 1. The molecule has 1 atom stereocenters. The van der Waals surface area contributed by atoms with Crippen LogP contribution in [0.25, 0.3) is 0 Å². The van der Waals surface area contributed by atoms with Crippen molar-refractivity contribution in [2.45, 2.75) is 51.5 Å². The monoisotopic (exact) mass is 318 g/mol. The van der Waals surface area contributed by atoms with Gasteiger partial charge in [-0.15, -0.1) is 0 Å². The van der Waals surface area contributed by atoms with Crippen molar-refractivity contribution in [3.63, 3.8) is 0 Å². The van der Waals surface area contributed by atoms with Crippen LogP contribution in [0.15, 0.2) is 24.3 Å². The average molecular weight is 318 g/mol. The van der Waals surface area contributed by atoms with Crippen molar-refractivity contribution in [1.29, 1.82) is 0 Å². The van der Waals surface area contributed by atoms with Crippen molar-refractivity contribution < 1.29 is 14.7 Å². The number of aliphatic hydroxyl groups is 1. The predicted octanol–water partition coefficient (Wildman–Crippen LogP) is 3.34. The van der Waals surface area contributed by atoms with Gasteiger partial charge in [0.2, 0.25) is 0 Å². The fourth-order valence-corrected chi connectivity index (χ4v) is 3.25. The van der Waals surface area contributed by atoms with E-state index >= 15 is 0 Å². The Labute approximate surface area is 137 Å². The second-order valence-corrected chi connectivity index (χ2v) is 6.25. The largest absolute Gasteiger partial charge is 0.396 e. The summed E-state index contributed by atoms with van der Waals surface area (Å²) in [5.74, 6) is 0.402. The number of hydrogen-bond acceptors (Lipinski definition) is 3. The zero-order valence-electron chi connectivity index (χ0n) is 13.7. The lowest BCUT2D eigenvalue weighted by molar-refractivity contribution is 0.101. The second-order valence-electron chi connectivity index (χ2n) is 6.25. The lowest BCUT2D eigenvalue weighted by Gasteiger charge is -2.30. The van der Waals surface area contributed by atoms with Crippen LogP contribution in [0.3, 0.4) is 0 Å². The molecule has 0 bridgehead atoms. The number of aliphatic hydroxyl groups excluding tert-OH is 1. The molecule has 1 aliphatic rings. The molecule has 1 saturated carbocycles. The van der Waals surface area contributed by atoms with E-state index < -0.39 is 0 Å². The summed E-state index contributed by atoms with van der Waals surface area (Å²) in [6.07, 6.45) is 6.42. The lowest BCUT2D eigenvalue weighted by atomic mass is 9.83. The Morgan fingerprint density at radius 1 is 1.26 bits per heavy atom. The van der Waals surface area contributed by atoms with Crippen molar-refractivity contribution in [2.75, 3.05) is 11.9 Å². The maximum Gasteiger partial charge on any atom is 0.319 e. The topological polar surface area (TPSA) is 78.4 Å². The van der Waals surface area contributed by atoms with Crippen LogP contribution in [0.5, 0.6) is 0 Å². The Hall–Kier alpha value is -1.88. The maximum atomic E-state index is 12.2. The SMILES string of the molecule is CC(=O)c1cccc(NC(=O)NC(CCO)C2CCCCC2)c1. The number of ketones is 1. The fraction of sp³-hybridized carbons (Fsp3) is 0.556. The van der Waals surface area contributed by atoms with Crippen LogP contribution in [0.4, 0.5) is 10.5 Å². The van der Waals surface area contributed by atoms with E-state index in [1.54, 1.807) is 24.3 Å². The van der Waals surface area contributed by atoms with E-state index in [1.165, 1.54) is 26.2 Å². The van der Waals surface area contributed by atoms with E-state index in [0.29, 0.717) is 23.6 Å². The Bertz CT molecular complexity index is 539. The number of amides is 2. The molecule has 2 rings (SSSR count). The Morgan fingerprint density at radius 3 is 2.65 bits per heavy atom. The quantitative estimate of drug-likeness (QED) is 0.704. The number of urea groups is 1. The standard InChI is InChI=1S/C18H26N2O3/c1-13(22)15-8-5-9-16(12-15)19-18(23)20-17(10-11-21)14-6-3-2-4-7-14/h5,8-9,12,14,17,21H,2-4,6-7,10-11H2,1H3,(H2,19,20,23).